The molecule has 1 aliphatic carbocycles. The van der Waals surface area contributed by atoms with Gasteiger partial charge in [-0.2, -0.15) is 0 Å². The van der Waals surface area contributed by atoms with Crippen LogP contribution in [0.15, 0.2) is 42.5 Å². The van der Waals surface area contributed by atoms with Gasteiger partial charge in [-0.25, -0.2) is 0 Å². The van der Waals surface area contributed by atoms with E-state index in [4.69, 9.17) is 0 Å². The monoisotopic (exact) mass is 211 g/mol. The van der Waals surface area contributed by atoms with Gasteiger partial charge in [0.25, 0.3) is 0 Å². The molecule has 0 bridgehead atoms. The van der Waals surface area contributed by atoms with E-state index in [2.05, 4.69) is 54.7 Å². The maximum absolute atomic E-state index is 3.60. The van der Waals surface area contributed by atoms with E-state index in [-0.39, 0.29) is 0 Å². The molecule has 16 heavy (non-hydrogen) atoms. The summed E-state index contributed by atoms with van der Waals surface area (Å²) in [5.74, 6) is 0.901. The molecule has 0 radical (unpaired) electrons. The van der Waals surface area contributed by atoms with Gasteiger partial charge in [0.15, 0.2) is 0 Å². The Morgan fingerprint density at radius 1 is 1.00 bits per heavy atom. The van der Waals surface area contributed by atoms with Crippen molar-refractivity contribution in [3.05, 3.63) is 42.5 Å². The highest BCUT2D eigenvalue weighted by atomic mass is 14.9. The molecule has 1 nitrogen and oxygen atoms in total. The topological polar surface area (TPSA) is 12.0 Å². The van der Waals surface area contributed by atoms with Gasteiger partial charge in [-0.15, -0.1) is 0 Å². The lowest BCUT2D eigenvalue weighted by Gasteiger charge is -2.34. The van der Waals surface area contributed by atoms with Crippen LogP contribution in [0.4, 0.5) is 5.69 Å². The molecular formula is C15H17N. The van der Waals surface area contributed by atoms with Crippen molar-refractivity contribution in [1.29, 1.82) is 0 Å². The molecule has 0 amide bonds. The summed E-state index contributed by atoms with van der Waals surface area (Å²) in [6.07, 6.45) is 2.62. The van der Waals surface area contributed by atoms with Crippen molar-refractivity contribution in [2.24, 2.45) is 5.92 Å². The second-order valence-electron chi connectivity index (χ2n) is 4.98. The molecule has 2 aromatic carbocycles. The van der Waals surface area contributed by atoms with Crippen molar-refractivity contribution in [1.82, 2.24) is 0 Å². The minimum Gasteiger partial charge on any atom is -0.382 e. The Labute approximate surface area is 96.5 Å². The summed E-state index contributed by atoms with van der Waals surface area (Å²) in [5, 5.41) is 6.24. The van der Waals surface area contributed by atoms with Crippen LogP contribution in [0.3, 0.4) is 0 Å². The molecule has 1 fully saturated rings. The zero-order chi connectivity index (χ0) is 11.0. The standard InChI is InChI=1S/C15H17N/c1-11-8-15(9-11)16-14-7-6-12-4-2-3-5-13(12)10-14/h2-7,10-11,15-16H,8-9H2,1H3. The van der Waals surface area contributed by atoms with Crippen molar-refractivity contribution in [2.45, 2.75) is 25.8 Å². The van der Waals surface area contributed by atoms with Gasteiger partial charge >= 0.3 is 0 Å². The SMILES string of the molecule is CC1CC(Nc2ccc3ccccc3c2)C1. The summed E-state index contributed by atoms with van der Waals surface area (Å²) in [4.78, 5) is 0. The normalized spacial score (nSPS) is 24.1. The Morgan fingerprint density at radius 2 is 1.75 bits per heavy atom. The first-order chi connectivity index (χ1) is 7.81. The van der Waals surface area contributed by atoms with Gasteiger partial charge in [-0.1, -0.05) is 37.3 Å². The van der Waals surface area contributed by atoms with Crippen LogP contribution in [0.2, 0.25) is 0 Å². The lowest BCUT2D eigenvalue weighted by atomic mass is 9.82. The molecule has 0 aromatic heterocycles. The summed E-state index contributed by atoms with van der Waals surface area (Å²) in [5.41, 5.74) is 1.26. The molecule has 1 heteroatoms. The number of hydrogen-bond donors (Lipinski definition) is 1. The fraction of sp³-hybridized carbons (Fsp3) is 0.333. The zero-order valence-corrected chi connectivity index (χ0v) is 9.61. The summed E-state index contributed by atoms with van der Waals surface area (Å²) in [6.45, 7) is 2.32. The average molecular weight is 211 g/mol. The molecule has 0 saturated heterocycles. The molecule has 2 aromatic rings. The maximum atomic E-state index is 3.60. The predicted molar refractivity (Wildman–Crippen MR) is 69.8 cm³/mol. The molecule has 82 valence electrons. The smallest absolute Gasteiger partial charge is 0.0348 e. The Hall–Kier alpha value is -1.50. The van der Waals surface area contributed by atoms with Crippen molar-refractivity contribution in [3.63, 3.8) is 0 Å². The Bertz CT molecular complexity index is 498. The van der Waals surface area contributed by atoms with Crippen LogP contribution in [-0.2, 0) is 0 Å². The average Bonchev–Trinajstić information content (AvgIpc) is 2.27. The van der Waals surface area contributed by atoms with Crippen molar-refractivity contribution >= 4 is 16.5 Å². The second kappa shape index (κ2) is 3.82. The lowest BCUT2D eigenvalue weighted by molar-refractivity contribution is 0.309. The minimum absolute atomic E-state index is 0.691. The van der Waals surface area contributed by atoms with Crippen LogP contribution in [0.25, 0.3) is 10.8 Å². The first kappa shape index (κ1) is 9.71. The van der Waals surface area contributed by atoms with E-state index in [1.165, 1.54) is 29.3 Å². The fourth-order valence-corrected chi connectivity index (χ4v) is 2.54. The highest BCUT2D eigenvalue weighted by Gasteiger charge is 2.24. The van der Waals surface area contributed by atoms with E-state index >= 15 is 0 Å². The Morgan fingerprint density at radius 3 is 2.50 bits per heavy atom. The second-order valence-corrected chi connectivity index (χ2v) is 4.98. The zero-order valence-electron chi connectivity index (χ0n) is 9.61. The van der Waals surface area contributed by atoms with E-state index in [1.54, 1.807) is 0 Å². The van der Waals surface area contributed by atoms with Gasteiger partial charge in [-0.05, 0) is 41.7 Å². The summed E-state index contributed by atoms with van der Waals surface area (Å²) < 4.78 is 0. The number of anilines is 1. The Balaban J connectivity index is 1.82. The van der Waals surface area contributed by atoms with Gasteiger partial charge in [0.1, 0.15) is 0 Å². The summed E-state index contributed by atoms with van der Waals surface area (Å²) in [7, 11) is 0. The number of benzene rings is 2. The molecule has 0 heterocycles. The van der Waals surface area contributed by atoms with Crippen molar-refractivity contribution < 1.29 is 0 Å². The predicted octanol–water partition coefficient (Wildman–Crippen LogP) is 4.05. The number of nitrogens with one attached hydrogen (secondary N) is 1. The van der Waals surface area contributed by atoms with Gasteiger partial charge in [0.05, 0.1) is 0 Å². The van der Waals surface area contributed by atoms with E-state index in [1.807, 2.05) is 0 Å². The quantitative estimate of drug-likeness (QED) is 0.790. The molecule has 0 spiro atoms. The van der Waals surface area contributed by atoms with Crippen molar-refractivity contribution in [3.8, 4) is 0 Å². The van der Waals surface area contributed by atoms with E-state index in [0.29, 0.717) is 6.04 Å². The first-order valence-electron chi connectivity index (χ1n) is 6.06. The van der Waals surface area contributed by atoms with Gasteiger partial charge in [-0.3, -0.25) is 0 Å². The lowest BCUT2D eigenvalue weighted by Crippen LogP contribution is -2.33. The third kappa shape index (κ3) is 1.78. The molecular weight excluding hydrogens is 194 g/mol. The number of hydrogen-bond acceptors (Lipinski definition) is 1. The molecule has 0 atom stereocenters. The van der Waals surface area contributed by atoms with Crippen LogP contribution in [0.5, 0.6) is 0 Å². The van der Waals surface area contributed by atoms with Crippen LogP contribution in [-0.4, -0.2) is 6.04 Å². The van der Waals surface area contributed by atoms with Crippen molar-refractivity contribution in [2.75, 3.05) is 5.32 Å². The molecule has 0 unspecified atom stereocenters. The molecule has 3 rings (SSSR count). The van der Waals surface area contributed by atoms with Gasteiger partial charge < -0.3 is 5.32 Å². The van der Waals surface area contributed by atoms with Crippen LogP contribution >= 0.6 is 0 Å². The maximum Gasteiger partial charge on any atom is 0.0348 e. The highest BCUT2D eigenvalue weighted by molar-refractivity contribution is 5.85. The van der Waals surface area contributed by atoms with Gasteiger partial charge in [0, 0.05) is 11.7 Å². The first-order valence-corrected chi connectivity index (χ1v) is 6.06. The third-order valence-electron chi connectivity index (χ3n) is 3.49. The highest BCUT2D eigenvalue weighted by Crippen LogP contribution is 2.30. The summed E-state index contributed by atoms with van der Waals surface area (Å²) >= 11 is 0. The van der Waals surface area contributed by atoms with Crippen LogP contribution in [0.1, 0.15) is 19.8 Å². The van der Waals surface area contributed by atoms with Crippen LogP contribution < -0.4 is 5.32 Å². The molecule has 1 saturated carbocycles. The van der Waals surface area contributed by atoms with E-state index < -0.39 is 0 Å². The summed E-state index contributed by atoms with van der Waals surface area (Å²) in [6, 6.07) is 15.8. The third-order valence-corrected chi connectivity index (χ3v) is 3.49. The fourth-order valence-electron chi connectivity index (χ4n) is 2.54. The minimum atomic E-state index is 0.691. The molecule has 1 aliphatic rings. The molecule has 1 N–H and O–H groups in total. The van der Waals surface area contributed by atoms with Gasteiger partial charge in [0.2, 0.25) is 0 Å². The number of rotatable bonds is 2. The number of fused-ring (bicyclic) bond motifs is 1. The molecule has 0 aliphatic heterocycles. The van der Waals surface area contributed by atoms with E-state index in [9.17, 15) is 0 Å². The Kier molecular flexibility index (Phi) is 2.32. The van der Waals surface area contributed by atoms with E-state index in [0.717, 1.165) is 5.92 Å². The largest absolute Gasteiger partial charge is 0.382 e. The van der Waals surface area contributed by atoms with Crippen LogP contribution in [0, 0.1) is 5.92 Å².